The maximum atomic E-state index is 11.9. The first-order chi connectivity index (χ1) is 10.1. The Morgan fingerprint density at radius 1 is 1.23 bits per heavy atom. The van der Waals surface area contributed by atoms with Crippen molar-refractivity contribution in [3.63, 3.8) is 0 Å². The average Bonchev–Trinajstić information content (AvgIpc) is 2.47. The summed E-state index contributed by atoms with van der Waals surface area (Å²) in [6.07, 6.45) is 1.43. The molecule has 0 spiro atoms. The number of carbonyl (C=O) groups is 2. The van der Waals surface area contributed by atoms with E-state index in [9.17, 15) is 14.7 Å². The summed E-state index contributed by atoms with van der Waals surface area (Å²) in [6, 6.07) is 10.2. The molecule has 1 N–H and O–H groups in total. The number of carboxylic acid groups (broad SMARTS) is 1. The fourth-order valence-electron chi connectivity index (χ4n) is 1.51. The number of hydrogen-bond donors (Lipinski definition) is 1. The number of pyridine rings is 1. The second kappa shape index (κ2) is 9.81. The number of nitrogens with one attached hydrogen (secondary N) is 1. The molecular formula is C14H10BrKN2O3S. The molecule has 0 aliphatic heterocycles. The van der Waals surface area contributed by atoms with Gasteiger partial charge in [0, 0.05) is 21.9 Å². The predicted molar refractivity (Wildman–Crippen MR) is 82.1 cm³/mol. The zero-order valence-electron chi connectivity index (χ0n) is 11.7. The summed E-state index contributed by atoms with van der Waals surface area (Å²) in [5.74, 6) is -1.35. The molecule has 108 valence electrons. The van der Waals surface area contributed by atoms with Gasteiger partial charge in [0.2, 0.25) is 5.12 Å². The van der Waals surface area contributed by atoms with Gasteiger partial charge in [0.1, 0.15) is 5.03 Å². The van der Waals surface area contributed by atoms with Crippen molar-refractivity contribution in [1.29, 1.82) is 0 Å². The number of carbonyl (C=O) groups excluding carboxylic acids is 2. The number of anilines is 1. The van der Waals surface area contributed by atoms with Crippen molar-refractivity contribution >= 4 is 44.5 Å². The maximum Gasteiger partial charge on any atom is 1.00 e. The van der Waals surface area contributed by atoms with E-state index in [1.54, 1.807) is 0 Å². The molecule has 0 fully saturated rings. The largest absolute Gasteiger partial charge is 1.00 e. The molecule has 1 aromatic carbocycles. The second-order valence-corrected chi connectivity index (χ2v) is 5.94. The third-order valence-electron chi connectivity index (χ3n) is 2.48. The number of hydrogen-bond acceptors (Lipinski definition) is 6. The van der Waals surface area contributed by atoms with Crippen molar-refractivity contribution in [1.82, 2.24) is 4.98 Å². The van der Waals surface area contributed by atoms with Gasteiger partial charge in [-0.1, -0.05) is 15.9 Å². The molecule has 5 nitrogen and oxygen atoms in total. The standard InChI is InChI=1S/C14H11BrN2O3S.K/c15-9-3-5-10(6-4-9)17-8-12(18)21-13-11(14(19)20)2-1-7-16-13;/h1-7,17H,8H2,(H,19,20);/q;+1/p-1. The Kier molecular flexibility index (Phi) is 8.84. The summed E-state index contributed by atoms with van der Waals surface area (Å²) in [5.41, 5.74) is 0.716. The summed E-state index contributed by atoms with van der Waals surface area (Å²) in [6.45, 7) is 0.0648. The molecule has 1 heterocycles. The van der Waals surface area contributed by atoms with Crippen molar-refractivity contribution < 1.29 is 66.1 Å². The minimum absolute atomic E-state index is 0. The molecule has 0 saturated carbocycles. The van der Waals surface area contributed by atoms with Crippen molar-refractivity contribution in [2.75, 3.05) is 11.9 Å². The molecule has 2 aromatic rings. The summed E-state index contributed by atoms with van der Waals surface area (Å²) in [4.78, 5) is 26.7. The molecule has 0 aliphatic carbocycles. The van der Waals surface area contributed by atoms with Crippen LogP contribution in [0.3, 0.4) is 0 Å². The van der Waals surface area contributed by atoms with Crippen LogP contribution in [0, 0.1) is 0 Å². The summed E-state index contributed by atoms with van der Waals surface area (Å²) >= 11 is 4.10. The molecule has 0 radical (unpaired) electrons. The number of rotatable bonds is 5. The Bertz CT molecular complexity index is 667. The maximum absolute atomic E-state index is 11.9. The minimum Gasteiger partial charge on any atom is -0.545 e. The van der Waals surface area contributed by atoms with Gasteiger partial charge < -0.3 is 15.2 Å². The van der Waals surface area contributed by atoms with Gasteiger partial charge in [0.25, 0.3) is 0 Å². The molecule has 0 saturated heterocycles. The monoisotopic (exact) mass is 404 g/mol. The molecule has 2 rings (SSSR count). The number of aromatic nitrogens is 1. The molecule has 0 unspecified atom stereocenters. The summed E-state index contributed by atoms with van der Waals surface area (Å²) in [5, 5.41) is 13.8. The van der Waals surface area contributed by atoms with Crippen LogP contribution in [0.1, 0.15) is 10.4 Å². The van der Waals surface area contributed by atoms with E-state index in [1.165, 1.54) is 18.3 Å². The van der Waals surface area contributed by atoms with Crippen LogP contribution in [0.4, 0.5) is 5.69 Å². The predicted octanol–water partition coefficient (Wildman–Crippen LogP) is -1.06. The topological polar surface area (TPSA) is 82.1 Å². The van der Waals surface area contributed by atoms with Crippen LogP contribution < -0.4 is 61.8 Å². The Morgan fingerprint density at radius 3 is 2.55 bits per heavy atom. The van der Waals surface area contributed by atoms with Crippen LogP contribution in [0.25, 0.3) is 0 Å². The Labute approximate surface area is 182 Å². The van der Waals surface area contributed by atoms with Crippen LogP contribution in [-0.4, -0.2) is 22.6 Å². The van der Waals surface area contributed by atoms with Crippen molar-refractivity contribution in [2.45, 2.75) is 5.03 Å². The molecular weight excluding hydrogens is 395 g/mol. The zero-order valence-corrected chi connectivity index (χ0v) is 17.2. The van der Waals surface area contributed by atoms with Crippen LogP contribution in [-0.2, 0) is 4.79 Å². The van der Waals surface area contributed by atoms with Gasteiger partial charge in [-0.05, 0) is 48.2 Å². The first kappa shape index (κ1) is 19.8. The molecule has 0 bridgehead atoms. The van der Waals surface area contributed by atoms with E-state index in [0.29, 0.717) is 0 Å². The van der Waals surface area contributed by atoms with Gasteiger partial charge in [-0.25, -0.2) is 4.98 Å². The quantitative estimate of drug-likeness (QED) is 0.505. The van der Waals surface area contributed by atoms with Crippen LogP contribution >= 0.6 is 27.7 Å². The number of carboxylic acids is 1. The van der Waals surface area contributed by atoms with Gasteiger partial charge in [0.15, 0.2) is 0 Å². The average molecular weight is 405 g/mol. The van der Waals surface area contributed by atoms with E-state index < -0.39 is 5.97 Å². The number of thioether (sulfide) groups is 1. The van der Waals surface area contributed by atoms with Crippen molar-refractivity contribution in [2.24, 2.45) is 0 Å². The third kappa shape index (κ3) is 6.11. The summed E-state index contributed by atoms with van der Waals surface area (Å²) < 4.78 is 0.945. The molecule has 0 aliphatic rings. The summed E-state index contributed by atoms with van der Waals surface area (Å²) in [7, 11) is 0. The smallest absolute Gasteiger partial charge is 0.545 e. The molecule has 0 atom stereocenters. The van der Waals surface area contributed by atoms with Gasteiger partial charge >= 0.3 is 51.4 Å². The Morgan fingerprint density at radius 2 is 1.91 bits per heavy atom. The first-order valence-electron chi connectivity index (χ1n) is 5.93. The fourth-order valence-corrected chi connectivity index (χ4v) is 2.51. The second-order valence-electron chi connectivity index (χ2n) is 3.98. The van der Waals surface area contributed by atoms with E-state index in [2.05, 4.69) is 26.2 Å². The van der Waals surface area contributed by atoms with E-state index in [1.807, 2.05) is 24.3 Å². The third-order valence-corrected chi connectivity index (χ3v) is 3.90. The molecule has 1 aromatic heterocycles. The molecule has 0 amide bonds. The zero-order chi connectivity index (χ0) is 15.2. The Hall–Kier alpha value is -0.224. The van der Waals surface area contributed by atoms with E-state index in [4.69, 9.17) is 0 Å². The van der Waals surface area contributed by atoms with E-state index >= 15 is 0 Å². The SMILES string of the molecule is O=C(CNc1ccc(Br)cc1)Sc1ncccc1C(=O)[O-].[K+]. The molecule has 8 heteroatoms. The van der Waals surface area contributed by atoms with Crippen molar-refractivity contribution in [3.05, 3.63) is 52.6 Å². The van der Waals surface area contributed by atoms with E-state index in [-0.39, 0.29) is 73.6 Å². The van der Waals surface area contributed by atoms with Gasteiger partial charge in [0.05, 0.1) is 12.5 Å². The Balaban J connectivity index is 0.00000242. The molecule has 22 heavy (non-hydrogen) atoms. The fraction of sp³-hybridized carbons (Fsp3) is 0.0714. The van der Waals surface area contributed by atoms with E-state index in [0.717, 1.165) is 21.9 Å². The van der Waals surface area contributed by atoms with Gasteiger partial charge in [-0.3, -0.25) is 4.79 Å². The first-order valence-corrected chi connectivity index (χ1v) is 7.53. The number of aromatic carboxylic acids is 1. The number of nitrogens with zero attached hydrogens (tertiary/aromatic N) is 1. The van der Waals surface area contributed by atoms with Crippen molar-refractivity contribution in [3.8, 4) is 0 Å². The van der Waals surface area contributed by atoms with Gasteiger partial charge in [-0.2, -0.15) is 0 Å². The van der Waals surface area contributed by atoms with Crippen LogP contribution in [0.5, 0.6) is 0 Å². The normalized spacial score (nSPS) is 9.68. The van der Waals surface area contributed by atoms with Crippen LogP contribution in [0.15, 0.2) is 52.1 Å². The van der Waals surface area contributed by atoms with Crippen LogP contribution in [0.2, 0.25) is 0 Å². The minimum atomic E-state index is -1.35. The van der Waals surface area contributed by atoms with Gasteiger partial charge in [-0.15, -0.1) is 0 Å². The number of halogens is 1. The number of benzene rings is 1.